The molecule has 0 fully saturated rings. The van der Waals surface area contributed by atoms with Crippen molar-refractivity contribution in [2.24, 2.45) is 0 Å². The van der Waals surface area contributed by atoms with Gasteiger partial charge in [-0.25, -0.2) is 4.79 Å². The maximum absolute atomic E-state index is 12.3. The largest absolute Gasteiger partial charge is 1.00 e. The van der Waals surface area contributed by atoms with Crippen LogP contribution in [-0.2, 0) is 16.1 Å². The number of nitrogens with zero attached hydrogens (tertiary/aromatic N) is 1. The molecule has 0 aliphatic rings. The van der Waals surface area contributed by atoms with Gasteiger partial charge in [0.05, 0.1) is 6.54 Å². The molecule has 0 saturated heterocycles. The summed E-state index contributed by atoms with van der Waals surface area (Å²) in [6.07, 6.45) is -4.76. The van der Waals surface area contributed by atoms with E-state index < -0.39 is 18.2 Å². The van der Waals surface area contributed by atoms with Crippen molar-refractivity contribution in [3.05, 3.63) is 83.4 Å². The van der Waals surface area contributed by atoms with Gasteiger partial charge in [0.25, 0.3) is 0 Å². The van der Waals surface area contributed by atoms with E-state index in [1.54, 1.807) is 24.3 Å². The number of benzene rings is 3. The minimum Gasteiger partial charge on any atom is -1.00 e. The predicted molar refractivity (Wildman–Crippen MR) is 114 cm³/mol. The van der Waals surface area contributed by atoms with Gasteiger partial charge in [-0.2, -0.15) is 0 Å². The number of aryl methyl sites for hydroxylation is 2. The van der Waals surface area contributed by atoms with Crippen LogP contribution in [0, 0.1) is 13.8 Å². The third-order valence-corrected chi connectivity index (χ3v) is 4.65. The van der Waals surface area contributed by atoms with Crippen molar-refractivity contribution in [2.75, 3.05) is 4.90 Å². The Morgan fingerprint density at radius 2 is 1.39 bits per heavy atom. The monoisotopic (exact) mass is 467 g/mol. The number of carbonyl (C=O) groups is 2. The molecule has 0 aliphatic carbocycles. The number of ether oxygens (including phenoxy) is 1. The number of anilines is 1. The van der Waals surface area contributed by atoms with E-state index in [4.69, 9.17) is 0 Å². The molecule has 0 radical (unpaired) electrons. The second-order valence-corrected chi connectivity index (χ2v) is 7.31. The van der Waals surface area contributed by atoms with Gasteiger partial charge in [-0.15, -0.1) is 13.2 Å². The SMILES string of the molecule is Cc1cc(C)cc(CN(C(=O)C(=O)O)c2ccc(-c3ccc(OC(F)(F)F)cc3)cc2)c1.[H-].[Na+]. The third-order valence-electron chi connectivity index (χ3n) is 4.65. The number of hydrogen-bond acceptors (Lipinski definition) is 3. The maximum Gasteiger partial charge on any atom is 1.00 e. The van der Waals surface area contributed by atoms with Crippen LogP contribution in [-0.4, -0.2) is 23.3 Å². The first kappa shape index (κ1) is 26.4. The molecular formula is C24H21F3NNaO4. The van der Waals surface area contributed by atoms with E-state index in [0.29, 0.717) is 16.8 Å². The van der Waals surface area contributed by atoms with Crippen molar-refractivity contribution in [1.82, 2.24) is 0 Å². The fraction of sp³-hybridized carbons (Fsp3) is 0.167. The average Bonchev–Trinajstić information content (AvgIpc) is 2.70. The Hall–Kier alpha value is -2.81. The van der Waals surface area contributed by atoms with Gasteiger partial charge in [0, 0.05) is 5.69 Å². The Balaban J connectivity index is 0.00000289. The number of halogens is 3. The van der Waals surface area contributed by atoms with Gasteiger partial charge < -0.3 is 11.3 Å². The zero-order valence-electron chi connectivity index (χ0n) is 19.3. The van der Waals surface area contributed by atoms with Crippen molar-refractivity contribution >= 4 is 17.6 Å². The molecule has 5 nitrogen and oxygen atoms in total. The summed E-state index contributed by atoms with van der Waals surface area (Å²) >= 11 is 0. The molecule has 3 aromatic carbocycles. The molecule has 33 heavy (non-hydrogen) atoms. The van der Waals surface area contributed by atoms with Crippen LogP contribution in [0.4, 0.5) is 18.9 Å². The molecule has 0 atom stereocenters. The van der Waals surface area contributed by atoms with Crippen molar-refractivity contribution in [3.8, 4) is 16.9 Å². The zero-order chi connectivity index (χ0) is 23.5. The molecule has 0 saturated carbocycles. The van der Waals surface area contributed by atoms with Crippen LogP contribution in [0.3, 0.4) is 0 Å². The molecule has 0 unspecified atom stereocenters. The van der Waals surface area contributed by atoms with Gasteiger partial charge in [0.15, 0.2) is 0 Å². The van der Waals surface area contributed by atoms with Gasteiger partial charge in [-0.3, -0.25) is 9.69 Å². The van der Waals surface area contributed by atoms with Crippen molar-refractivity contribution in [3.63, 3.8) is 0 Å². The number of aliphatic carboxylic acids is 1. The van der Waals surface area contributed by atoms with Crippen LogP contribution in [0.2, 0.25) is 0 Å². The summed E-state index contributed by atoms with van der Waals surface area (Å²) in [5, 5.41) is 9.26. The van der Waals surface area contributed by atoms with Crippen LogP contribution in [0.25, 0.3) is 11.1 Å². The molecule has 0 aromatic heterocycles. The van der Waals surface area contributed by atoms with Crippen molar-refractivity contribution in [1.29, 1.82) is 0 Å². The second-order valence-electron chi connectivity index (χ2n) is 7.31. The first-order valence-electron chi connectivity index (χ1n) is 9.60. The van der Waals surface area contributed by atoms with Crippen LogP contribution in [0.1, 0.15) is 18.1 Å². The quantitative estimate of drug-likeness (QED) is 0.463. The van der Waals surface area contributed by atoms with E-state index in [-0.39, 0.29) is 43.3 Å². The minimum atomic E-state index is -4.76. The fourth-order valence-corrected chi connectivity index (χ4v) is 3.42. The summed E-state index contributed by atoms with van der Waals surface area (Å²) in [5.41, 5.74) is 4.49. The number of rotatable bonds is 5. The molecule has 3 aromatic rings. The summed E-state index contributed by atoms with van der Waals surface area (Å²) in [6.45, 7) is 3.91. The Morgan fingerprint density at radius 3 is 1.85 bits per heavy atom. The molecule has 0 heterocycles. The van der Waals surface area contributed by atoms with E-state index in [2.05, 4.69) is 4.74 Å². The summed E-state index contributed by atoms with van der Waals surface area (Å²) in [7, 11) is 0. The first-order valence-corrected chi connectivity index (χ1v) is 9.60. The molecule has 0 spiro atoms. The summed E-state index contributed by atoms with van der Waals surface area (Å²) in [5.74, 6) is -2.96. The summed E-state index contributed by atoms with van der Waals surface area (Å²) in [6, 6.07) is 17.6. The number of carboxylic acid groups (broad SMARTS) is 1. The van der Waals surface area contributed by atoms with Crippen LogP contribution in [0.15, 0.2) is 66.7 Å². The van der Waals surface area contributed by atoms with Gasteiger partial charge in [-0.05, 0) is 54.8 Å². The van der Waals surface area contributed by atoms with Crippen LogP contribution < -0.4 is 39.2 Å². The molecule has 168 valence electrons. The molecule has 1 amide bonds. The smallest absolute Gasteiger partial charge is 1.00 e. The maximum atomic E-state index is 12.3. The Morgan fingerprint density at radius 1 is 0.909 bits per heavy atom. The van der Waals surface area contributed by atoms with Gasteiger partial charge in [0.1, 0.15) is 5.75 Å². The topological polar surface area (TPSA) is 66.8 Å². The zero-order valence-corrected chi connectivity index (χ0v) is 20.3. The van der Waals surface area contributed by atoms with E-state index in [0.717, 1.165) is 16.7 Å². The third kappa shape index (κ3) is 7.35. The first-order chi connectivity index (χ1) is 15.0. The number of hydrogen-bond donors (Lipinski definition) is 1. The van der Waals surface area contributed by atoms with Crippen molar-refractivity contribution in [2.45, 2.75) is 26.8 Å². The Labute approximate surface area is 212 Å². The van der Waals surface area contributed by atoms with E-state index >= 15 is 0 Å². The molecule has 3 rings (SSSR count). The van der Waals surface area contributed by atoms with Crippen molar-refractivity contribution < 1.29 is 63.6 Å². The molecular weight excluding hydrogens is 446 g/mol. The molecule has 0 aliphatic heterocycles. The number of carbonyl (C=O) groups excluding carboxylic acids is 1. The average molecular weight is 467 g/mol. The van der Waals surface area contributed by atoms with Gasteiger partial charge >= 0.3 is 47.8 Å². The minimum absolute atomic E-state index is 0. The second kappa shape index (κ2) is 10.9. The molecule has 0 bridgehead atoms. The van der Waals surface area contributed by atoms with E-state index in [9.17, 15) is 27.9 Å². The standard InChI is InChI=1S/C24H20F3NO4.Na.H/c1-15-11-16(2)13-17(12-15)14-28(22(29)23(30)31)20-7-3-18(4-8-20)19-5-9-21(10-6-19)32-24(25,26)27;;/h3-13H,14H2,1-2H3,(H,30,31);;/q;+1;-1. The number of carboxylic acids is 1. The predicted octanol–water partition coefficient (Wildman–Crippen LogP) is 2.60. The fourth-order valence-electron chi connectivity index (χ4n) is 3.42. The van der Waals surface area contributed by atoms with Crippen LogP contribution in [0.5, 0.6) is 5.75 Å². The number of amides is 1. The van der Waals surface area contributed by atoms with Gasteiger partial charge in [0.2, 0.25) is 0 Å². The Bertz CT molecular complexity index is 1120. The van der Waals surface area contributed by atoms with Gasteiger partial charge in [-0.1, -0.05) is 53.6 Å². The van der Waals surface area contributed by atoms with Crippen LogP contribution >= 0.6 is 0 Å². The summed E-state index contributed by atoms with van der Waals surface area (Å²) in [4.78, 5) is 24.9. The molecule has 1 N–H and O–H groups in total. The number of alkyl halides is 3. The summed E-state index contributed by atoms with van der Waals surface area (Å²) < 4.78 is 40.8. The Kier molecular flexibility index (Phi) is 8.71. The van der Waals surface area contributed by atoms with E-state index in [1.807, 2.05) is 32.0 Å². The normalized spacial score (nSPS) is 10.8. The van der Waals surface area contributed by atoms with E-state index in [1.165, 1.54) is 29.2 Å². The molecule has 9 heteroatoms.